The number of ether oxygens (including phenoxy) is 1. The van der Waals surface area contributed by atoms with Gasteiger partial charge in [0.15, 0.2) is 0 Å². The van der Waals surface area contributed by atoms with Crippen LogP contribution in [0.1, 0.15) is 39.9 Å². The van der Waals surface area contributed by atoms with Gasteiger partial charge in [-0.3, -0.25) is 4.79 Å². The number of carbonyl (C=O) groups is 1. The molecule has 0 bridgehead atoms. The molecule has 134 valence electrons. The zero-order chi connectivity index (χ0) is 18.2. The van der Waals surface area contributed by atoms with Crippen molar-refractivity contribution in [3.8, 4) is 6.07 Å². The Labute approximate surface area is 154 Å². The number of benzene rings is 2. The highest BCUT2D eigenvalue weighted by molar-refractivity contribution is 5.94. The van der Waals surface area contributed by atoms with E-state index in [-0.39, 0.29) is 12.0 Å². The predicted octanol–water partition coefficient (Wildman–Crippen LogP) is 2.76. The lowest BCUT2D eigenvalue weighted by atomic mass is 10.1. The Morgan fingerprint density at radius 3 is 2.65 bits per heavy atom. The van der Waals surface area contributed by atoms with E-state index in [0.29, 0.717) is 30.8 Å². The van der Waals surface area contributed by atoms with Crippen molar-refractivity contribution in [1.82, 2.24) is 10.6 Å². The fraction of sp³-hybridized carbons (Fsp3) is 0.333. The van der Waals surface area contributed by atoms with Crippen molar-refractivity contribution in [3.05, 3.63) is 70.8 Å². The van der Waals surface area contributed by atoms with E-state index >= 15 is 0 Å². The van der Waals surface area contributed by atoms with Gasteiger partial charge in [0.2, 0.25) is 0 Å². The molecule has 5 nitrogen and oxygen atoms in total. The number of rotatable bonds is 7. The monoisotopic (exact) mass is 349 g/mol. The second-order valence-corrected chi connectivity index (χ2v) is 6.46. The van der Waals surface area contributed by atoms with Gasteiger partial charge in [0.25, 0.3) is 5.91 Å². The maximum Gasteiger partial charge on any atom is 0.251 e. The molecule has 26 heavy (non-hydrogen) atoms. The first-order valence-electron chi connectivity index (χ1n) is 8.93. The third-order valence-electron chi connectivity index (χ3n) is 4.42. The van der Waals surface area contributed by atoms with Crippen molar-refractivity contribution in [1.29, 1.82) is 5.26 Å². The van der Waals surface area contributed by atoms with E-state index in [9.17, 15) is 4.79 Å². The van der Waals surface area contributed by atoms with Gasteiger partial charge in [0, 0.05) is 31.8 Å². The van der Waals surface area contributed by atoms with Crippen molar-refractivity contribution < 1.29 is 9.53 Å². The number of hydrogen-bond donors (Lipinski definition) is 2. The van der Waals surface area contributed by atoms with Crippen LogP contribution in [0.5, 0.6) is 0 Å². The second kappa shape index (κ2) is 9.14. The summed E-state index contributed by atoms with van der Waals surface area (Å²) in [5.41, 5.74) is 3.43. The molecular formula is C21H23N3O2. The first-order valence-corrected chi connectivity index (χ1v) is 8.93. The van der Waals surface area contributed by atoms with Crippen LogP contribution in [0.3, 0.4) is 0 Å². The van der Waals surface area contributed by atoms with Gasteiger partial charge in [-0.2, -0.15) is 5.26 Å². The van der Waals surface area contributed by atoms with Crippen LogP contribution in [0.25, 0.3) is 0 Å². The van der Waals surface area contributed by atoms with Crippen LogP contribution in [0, 0.1) is 11.3 Å². The molecule has 3 rings (SSSR count). The average molecular weight is 349 g/mol. The molecular weight excluding hydrogens is 326 g/mol. The summed E-state index contributed by atoms with van der Waals surface area (Å²) >= 11 is 0. The van der Waals surface area contributed by atoms with Crippen molar-refractivity contribution in [2.24, 2.45) is 0 Å². The zero-order valence-corrected chi connectivity index (χ0v) is 14.7. The standard InChI is InChI=1S/C21H23N3O2/c22-12-16-4-1-5-17(10-16)13-23-14-18-6-2-7-19(11-18)21(25)24-15-20-8-3-9-26-20/h1-2,4-7,10-11,20,23H,3,8-9,13-15H2,(H,24,25). The summed E-state index contributed by atoms with van der Waals surface area (Å²) in [6.45, 7) is 2.68. The van der Waals surface area contributed by atoms with Crippen molar-refractivity contribution >= 4 is 5.91 Å². The van der Waals surface area contributed by atoms with E-state index in [1.165, 1.54) is 0 Å². The van der Waals surface area contributed by atoms with Gasteiger partial charge < -0.3 is 15.4 Å². The molecule has 0 aliphatic carbocycles. The smallest absolute Gasteiger partial charge is 0.251 e. The van der Waals surface area contributed by atoms with E-state index in [1.807, 2.05) is 42.5 Å². The second-order valence-electron chi connectivity index (χ2n) is 6.46. The minimum absolute atomic E-state index is 0.0657. The summed E-state index contributed by atoms with van der Waals surface area (Å²) < 4.78 is 5.53. The SMILES string of the molecule is N#Cc1cccc(CNCc2cccc(C(=O)NCC3CCCO3)c2)c1. The van der Waals surface area contributed by atoms with Crippen LogP contribution < -0.4 is 10.6 Å². The molecule has 1 unspecified atom stereocenters. The van der Waals surface area contributed by atoms with Crippen molar-refractivity contribution in [3.63, 3.8) is 0 Å². The summed E-state index contributed by atoms with van der Waals surface area (Å²) in [6, 6.07) is 17.3. The molecule has 1 fully saturated rings. The highest BCUT2D eigenvalue weighted by Gasteiger charge is 2.16. The summed E-state index contributed by atoms with van der Waals surface area (Å²) in [6.07, 6.45) is 2.23. The third kappa shape index (κ3) is 5.16. The normalized spacial score (nSPS) is 16.2. The van der Waals surface area contributed by atoms with Gasteiger partial charge in [0.1, 0.15) is 0 Å². The third-order valence-corrected chi connectivity index (χ3v) is 4.42. The summed E-state index contributed by atoms with van der Waals surface area (Å²) in [5, 5.41) is 15.2. The Kier molecular flexibility index (Phi) is 6.37. The summed E-state index contributed by atoms with van der Waals surface area (Å²) in [7, 11) is 0. The topological polar surface area (TPSA) is 74.2 Å². The van der Waals surface area contributed by atoms with E-state index in [4.69, 9.17) is 10.00 Å². The molecule has 1 aliphatic rings. The number of nitriles is 1. The van der Waals surface area contributed by atoms with Gasteiger partial charge in [-0.15, -0.1) is 0 Å². The van der Waals surface area contributed by atoms with E-state index in [2.05, 4.69) is 16.7 Å². The van der Waals surface area contributed by atoms with Gasteiger partial charge >= 0.3 is 0 Å². The van der Waals surface area contributed by atoms with Crippen LogP contribution in [0.4, 0.5) is 0 Å². The number of hydrogen-bond acceptors (Lipinski definition) is 4. The molecule has 0 saturated carbocycles. The molecule has 2 N–H and O–H groups in total. The van der Waals surface area contributed by atoms with Gasteiger partial charge in [-0.05, 0) is 48.2 Å². The fourth-order valence-corrected chi connectivity index (χ4v) is 3.04. The number of nitrogens with zero attached hydrogens (tertiary/aromatic N) is 1. The molecule has 1 atom stereocenters. The highest BCUT2D eigenvalue weighted by Crippen LogP contribution is 2.11. The lowest BCUT2D eigenvalue weighted by Crippen LogP contribution is -2.31. The van der Waals surface area contributed by atoms with E-state index in [1.54, 1.807) is 6.07 Å². The molecule has 1 heterocycles. The fourth-order valence-electron chi connectivity index (χ4n) is 3.04. The van der Waals surface area contributed by atoms with E-state index in [0.717, 1.165) is 30.6 Å². The average Bonchev–Trinajstić information content (AvgIpc) is 3.20. The molecule has 0 aromatic heterocycles. The van der Waals surface area contributed by atoms with Gasteiger partial charge in [-0.1, -0.05) is 24.3 Å². The Hall–Kier alpha value is -2.68. The van der Waals surface area contributed by atoms with Crippen LogP contribution in [0.2, 0.25) is 0 Å². The zero-order valence-electron chi connectivity index (χ0n) is 14.7. The number of amides is 1. The quantitative estimate of drug-likeness (QED) is 0.806. The highest BCUT2D eigenvalue weighted by atomic mass is 16.5. The molecule has 2 aromatic carbocycles. The first kappa shape index (κ1) is 18.1. The van der Waals surface area contributed by atoms with Crippen LogP contribution in [-0.2, 0) is 17.8 Å². The predicted molar refractivity (Wildman–Crippen MR) is 99.4 cm³/mol. The Bertz CT molecular complexity index is 792. The summed E-state index contributed by atoms with van der Waals surface area (Å²) in [5.74, 6) is -0.0657. The van der Waals surface area contributed by atoms with Gasteiger partial charge in [-0.25, -0.2) is 0 Å². The lowest BCUT2D eigenvalue weighted by Gasteiger charge is -2.11. The summed E-state index contributed by atoms with van der Waals surface area (Å²) in [4.78, 5) is 12.3. The Morgan fingerprint density at radius 2 is 1.92 bits per heavy atom. The van der Waals surface area contributed by atoms with Crippen LogP contribution >= 0.6 is 0 Å². The first-order chi connectivity index (χ1) is 12.7. The molecule has 1 amide bonds. The minimum atomic E-state index is -0.0657. The molecule has 1 aliphatic heterocycles. The molecule has 1 saturated heterocycles. The van der Waals surface area contributed by atoms with E-state index < -0.39 is 0 Å². The Balaban J connectivity index is 1.50. The maximum absolute atomic E-state index is 12.3. The van der Waals surface area contributed by atoms with Crippen LogP contribution in [0.15, 0.2) is 48.5 Å². The molecule has 0 spiro atoms. The lowest BCUT2D eigenvalue weighted by molar-refractivity contribution is 0.0857. The van der Waals surface area contributed by atoms with Crippen molar-refractivity contribution in [2.75, 3.05) is 13.2 Å². The van der Waals surface area contributed by atoms with Crippen LogP contribution in [-0.4, -0.2) is 25.2 Å². The van der Waals surface area contributed by atoms with Crippen molar-refractivity contribution in [2.45, 2.75) is 32.0 Å². The Morgan fingerprint density at radius 1 is 1.15 bits per heavy atom. The maximum atomic E-state index is 12.3. The largest absolute Gasteiger partial charge is 0.376 e. The molecule has 2 aromatic rings. The van der Waals surface area contributed by atoms with Gasteiger partial charge in [0.05, 0.1) is 17.7 Å². The minimum Gasteiger partial charge on any atom is -0.376 e. The molecule has 0 radical (unpaired) electrons. The number of carbonyl (C=O) groups excluding carboxylic acids is 1. The molecule has 5 heteroatoms. The number of nitrogens with one attached hydrogen (secondary N) is 2.